The molecule has 0 aromatic carbocycles. The van der Waals surface area contributed by atoms with E-state index in [1.54, 1.807) is 10.9 Å². The van der Waals surface area contributed by atoms with E-state index >= 15 is 0 Å². The summed E-state index contributed by atoms with van der Waals surface area (Å²) in [6.45, 7) is 2.65. The van der Waals surface area contributed by atoms with Crippen LogP contribution in [0.4, 0.5) is 11.5 Å². The number of hydrogen-bond donors (Lipinski definition) is 2. The third-order valence-corrected chi connectivity index (χ3v) is 2.51. The number of furan rings is 1. The number of nitrogens with zero attached hydrogens (tertiary/aromatic N) is 2. The van der Waals surface area contributed by atoms with Gasteiger partial charge in [-0.1, -0.05) is 6.92 Å². The molecule has 5 heteroatoms. The fourth-order valence-electron chi connectivity index (χ4n) is 1.65. The Morgan fingerprint density at radius 3 is 2.94 bits per heavy atom. The van der Waals surface area contributed by atoms with E-state index < -0.39 is 0 Å². The quantitative estimate of drug-likeness (QED) is 0.824. The Morgan fingerprint density at radius 2 is 2.38 bits per heavy atom. The van der Waals surface area contributed by atoms with Gasteiger partial charge in [-0.25, -0.2) is 0 Å². The monoisotopic (exact) mass is 220 g/mol. The molecule has 2 aromatic rings. The van der Waals surface area contributed by atoms with Crippen molar-refractivity contribution in [3.05, 3.63) is 29.9 Å². The lowest BCUT2D eigenvalue weighted by Crippen LogP contribution is -2.05. The summed E-state index contributed by atoms with van der Waals surface area (Å²) in [6.07, 6.45) is 2.49. The first kappa shape index (κ1) is 10.6. The molecule has 0 aliphatic rings. The number of aromatic nitrogens is 2. The zero-order valence-corrected chi connectivity index (χ0v) is 9.53. The molecular weight excluding hydrogens is 204 g/mol. The predicted molar refractivity (Wildman–Crippen MR) is 63.0 cm³/mol. The van der Waals surface area contributed by atoms with E-state index in [1.165, 1.54) is 0 Å². The fourth-order valence-corrected chi connectivity index (χ4v) is 1.65. The molecule has 0 aliphatic heterocycles. The van der Waals surface area contributed by atoms with Crippen LogP contribution in [0.25, 0.3) is 0 Å². The van der Waals surface area contributed by atoms with E-state index in [1.807, 2.05) is 26.1 Å². The second-order valence-electron chi connectivity index (χ2n) is 3.62. The van der Waals surface area contributed by atoms with Gasteiger partial charge in [-0.15, -0.1) is 0 Å². The highest BCUT2D eigenvalue weighted by Crippen LogP contribution is 2.22. The van der Waals surface area contributed by atoms with Crippen LogP contribution in [0.3, 0.4) is 0 Å². The summed E-state index contributed by atoms with van der Waals surface area (Å²) in [7, 11) is 1.87. The summed E-state index contributed by atoms with van der Waals surface area (Å²) >= 11 is 0. The Kier molecular flexibility index (Phi) is 2.85. The average Bonchev–Trinajstić information content (AvgIpc) is 2.86. The van der Waals surface area contributed by atoms with Crippen molar-refractivity contribution in [2.45, 2.75) is 19.9 Å². The van der Waals surface area contributed by atoms with Gasteiger partial charge in [0.15, 0.2) is 0 Å². The molecule has 2 heterocycles. The lowest BCUT2D eigenvalue weighted by Gasteiger charge is -2.05. The molecule has 0 aliphatic carbocycles. The minimum absolute atomic E-state index is 0.611. The number of nitrogens with two attached hydrogens (primary N) is 1. The number of nitrogens with one attached hydrogen (secondary N) is 1. The van der Waals surface area contributed by atoms with Crippen LogP contribution >= 0.6 is 0 Å². The molecule has 16 heavy (non-hydrogen) atoms. The highest BCUT2D eigenvalue weighted by Gasteiger charge is 2.11. The van der Waals surface area contributed by atoms with Gasteiger partial charge < -0.3 is 15.5 Å². The molecule has 0 fully saturated rings. The second kappa shape index (κ2) is 4.30. The van der Waals surface area contributed by atoms with Crippen molar-refractivity contribution in [3.8, 4) is 0 Å². The smallest absolute Gasteiger partial charge is 0.148 e. The Balaban J connectivity index is 2.12. The van der Waals surface area contributed by atoms with Crippen molar-refractivity contribution in [2.75, 3.05) is 11.1 Å². The first-order valence-electron chi connectivity index (χ1n) is 5.30. The van der Waals surface area contributed by atoms with Crippen LogP contribution in [0.5, 0.6) is 0 Å². The van der Waals surface area contributed by atoms with Crippen molar-refractivity contribution in [1.29, 1.82) is 0 Å². The van der Waals surface area contributed by atoms with E-state index in [9.17, 15) is 0 Å². The maximum Gasteiger partial charge on any atom is 0.148 e. The molecule has 86 valence electrons. The Labute approximate surface area is 94.2 Å². The van der Waals surface area contributed by atoms with Crippen molar-refractivity contribution in [3.63, 3.8) is 0 Å². The minimum Gasteiger partial charge on any atom is -0.467 e. The molecule has 3 N–H and O–H groups in total. The van der Waals surface area contributed by atoms with Gasteiger partial charge in [0.2, 0.25) is 0 Å². The van der Waals surface area contributed by atoms with Gasteiger partial charge in [0, 0.05) is 7.05 Å². The van der Waals surface area contributed by atoms with Gasteiger partial charge in [0.05, 0.1) is 24.2 Å². The van der Waals surface area contributed by atoms with Crippen LogP contribution < -0.4 is 11.1 Å². The maximum atomic E-state index is 5.98. The average molecular weight is 220 g/mol. The Bertz CT molecular complexity index is 459. The SMILES string of the molecule is CCc1nn(C)c(NCc2ccco2)c1N. The van der Waals surface area contributed by atoms with Gasteiger partial charge in [-0.3, -0.25) is 4.68 Å². The van der Waals surface area contributed by atoms with Gasteiger partial charge in [-0.05, 0) is 18.6 Å². The first-order valence-corrected chi connectivity index (χ1v) is 5.30. The Morgan fingerprint density at radius 1 is 1.56 bits per heavy atom. The fraction of sp³-hybridized carbons (Fsp3) is 0.364. The predicted octanol–water partition coefficient (Wildman–Crippen LogP) is 1.77. The van der Waals surface area contributed by atoms with Crippen molar-refractivity contribution >= 4 is 11.5 Å². The molecule has 0 saturated heterocycles. The minimum atomic E-state index is 0.611. The van der Waals surface area contributed by atoms with Crippen molar-refractivity contribution < 1.29 is 4.42 Å². The molecular formula is C11H16N4O. The summed E-state index contributed by atoms with van der Waals surface area (Å²) in [5, 5.41) is 7.55. The number of rotatable bonds is 4. The number of hydrogen-bond acceptors (Lipinski definition) is 4. The van der Waals surface area contributed by atoms with Gasteiger partial charge >= 0.3 is 0 Å². The van der Waals surface area contributed by atoms with E-state index in [4.69, 9.17) is 10.2 Å². The number of aryl methyl sites for hydroxylation is 2. The van der Waals surface area contributed by atoms with Crippen LogP contribution in [0.2, 0.25) is 0 Å². The van der Waals surface area contributed by atoms with Crippen LogP contribution in [0.15, 0.2) is 22.8 Å². The number of nitrogen functional groups attached to an aromatic ring is 1. The van der Waals surface area contributed by atoms with Crippen molar-refractivity contribution in [2.24, 2.45) is 7.05 Å². The Hall–Kier alpha value is -1.91. The van der Waals surface area contributed by atoms with E-state index in [-0.39, 0.29) is 0 Å². The molecule has 0 amide bonds. The third-order valence-electron chi connectivity index (χ3n) is 2.51. The zero-order chi connectivity index (χ0) is 11.5. The lowest BCUT2D eigenvalue weighted by atomic mass is 10.3. The van der Waals surface area contributed by atoms with Crippen LogP contribution in [-0.4, -0.2) is 9.78 Å². The van der Waals surface area contributed by atoms with Gasteiger partial charge in [-0.2, -0.15) is 5.10 Å². The lowest BCUT2D eigenvalue weighted by molar-refractivity contribution is 0.517. The van der Waals surface area contributed by atoms with E-state index in [0.717, 1.165) is 29.4 Å². The molecule has 0 spiro atoms. The molecule has 0 saturated carbocycles. The summed E-state index contributed by atoms with van der Waals surface area (Å²) < 4.78 is 7.00. The number of anilines is 2. The van der Waals surface area contributed by atoms with Gasteiger partial charge in [0.25, 0.3) is 0 Å². The first-order chi connectivity index (χ1) is 7.72. The van der Waals surface area contributed by atoms with Crippen LogP contribution in [0.1, 0.15) is 18.4 Å². The molecule has 0 unspecified atom stereocenters. The second-order valence-corrected chi connectivity index (χ2v) is 3.62. The molecule has 5 nitrogen and oxygen atoms in total. The molecule has 2 aromatic heterocycles. The largest absolute Gasteiger partial charge is 0.467 e. The summed E-state index contributed by atoms with van der Waals surface area (Å²) in [5.74, 6) is 1.71. The summed E-state index contributed by atoms with van der Waals surface area (Å²) in [4.78, 5) is 0. The summed E-state index contributed by atoms with van der Waals surface area (Å²) in [6, 6.07) is 3.78. The topological polar surface area (TPSA) is 69.0 Å². The van der Waals surface area contributed by atoms with Crippen LogP contribution in [0, 0.1) is 0 Å². The highest BCUT2D eigenvalue weighted by atomic mass is 16.3. The highest BCUT2D eigenvalue weighted by molar-refractivity contribution is 5.64. The summed E-state index contributed by atoms with van der Waals surface area (Å²) in [5.41, 5.74) is 7.62. The van der Waals surface area contributed by atoms with E-state index in [0.29, 0.717) is 6.54 Å². The molecule has 0 bridgehead atoms. The van der Waals surface area contributed by atoms with E-state index in [2.05, 4.69) is 10.4 Å². The standard InChI is InChI=1S/C11H16N4O/c1-3-9-10(12)11(15(2)14-9)13-7-8-5-4-6-16-8/h4-6,13H,3,7,12H2,1-2H3. The third kappa shape index (κ3) is 1.88. The molecule has 0 radical (unpaired) electrons. The van der Waals surface area contributed by atoms with Gasteiger partial charge in [0.1, 0.15) is 11.6 Å². The normalized spacial score (nSPS) is 10.6. The van der Waals surface area contributed by atoms with Crippen molar-refractivity contribution in [1.82, 2.24) is 9.78 Å². The zero-order valence-electron chi connectivity index (χ0n) is 9.53. The maximum absolute atomic E-state index is 5.98. The molecule has 2 rings (SSSR count). The molecule has 0 atom stereocenters. The van der Waals surface area contributed by atoms with Crippen LogP contribution in [-0.2, 0) is 20.0 Å².